The Bertz CT molecular complexity index is 211. The predicted octanol–water partition coefficient (Wildman–Crippen LogP) is 0.876. The first-order valence-corrected chi connectivity index (χ1v) is 5.63. The number of aliphatic carboxylic acids is 1. The standard InChI is InChI=1S/C11H22N2O2/c1-9(8-11(14)15)13-6-4-10(5-7-13)12(2)3/h9-10H,4-8H2,1-3H3,(H,14,15). The Morgan fingerprint density at radius 3 is 2.40 bits per heavy atom. The monoisotopic (exact) mass is 214 g/mol. The summed E-state index contributed by atoms with van der Waals surface area (Å²) in [6, 6.07) is 0.837. The van der Waals surface area contributed by atoms with Crippen LogP contribution in [0.15, 0.2) is 0 Å². The Balaban J connectivity index is 2.33. The van der Waals surface area contributed by atoms with Gasteiger partial charge in [-0.2, -0.15) is 0 Å². The zero-order valence-corrected chi connectivity index (χ0v) is 9.94. The van der Waals surface area contributed by atoms with Crippen LogP contribution in [0.3, 0.4) is 0 Å². The Hall–Kier alpha value is -0.610. The van der Waals surface area contributed by atoms with Crippen LogP contribution in [-0.2, 0) is 4.79 Å². The van der Waals surface area contributed by atoms with E-state index < -0.39 is 5.97 Å². The van der Waals surface area contributed by atoms with Crippen molar-refractivity contribution >= 4 is 5.97 Å². The molecule has 0 aromatic carbocycles. The molecule has 1 saturated heterocycles. The van der Waals surface area contributed by atoms with Gasteiger partial charge in [-0.25, -0.2) is 0 Å². The van der Waals surface area contributed by atoms with Gasteiger partial charge < -0.3 is 10.0 Å². The number of carboxylic acids is 1. The van der Waals surface area contributed by atoms with Gasteiger partial charge in [-0.05, 0) is 47.0 Å². The number of likely N-dealkylation sites (tertiary alicyclic amines) is 1. The molecule has 88 valence electrons. The highest BCUT2D eigenvalue weighted by Crippen LogP contribution is 2.17. The van der Waals surface area contributed by atoms with Crippen molar-refractivity contribution < 1.29 is 9.90 Å². The first-order valence-electron chi connectivity index (χ1n) is 5.63. The summed E-state index contributed by atoms with van der Waals surface area (Å²) >= 11 is 0. The summed E-state index contributed by atoms with van der Waals surface area (Å²) in [6.07, 6.45) is 2.56. The van der Waals surface area contributed by atoms with E-state index in [-0.39, 0.29) is 12.5 Å². The van der Waals surface area contributed by atoms with Crippen molar-refractivity contribution in [3.8, 4) is 0 Å². The van der Waals surface area contributed by atoms with Crippen LogP contribution in [0.2, 0.25) is 0 Å². The van der Waals surface area contributed by atoms with Crippen molar-refractivity contribution in [3.63, 3.8) is 0 Å². The second kappa shape index (κ2) is 5.47. The molecule has 15 heavy (non-hydrogen) atoms. The predicted molar refractivity (Wildman–Crippen MR) is 60.0 cm³/mol. The van der Waals surface area contributed by atoms with Crippen LogP contribution in [0, 0.1) is 0 Å². The molecule has 4 nitrogen and oxygen atoms in total. The number of carbonyl (C=O) groups is 1. The van der Waals surface area contributed by atoms with Gasteiger partial charge in [0.15, 0.2) is 0 Å². The largest absolute Gasteiger partial charge is 0.481 e. The molecule has 0 radical (unpaired) electrons. The van der Waals surface area contributed by atoms with Gasteiger partial charge in [0.25, 0.3) is 0 Å². The minimum atomic E-state index is -0.697. The Morgan fingerprint density at radius 2 is 2.00 bits per heavy atom. The molecule has 1 aliphatic heterocycles. The summed E-state index contributed by atoms with van der Waals surface area (Å²) in [6.45, 7) is 4.05. The lowest BCUT2D eigenvalue weighted by Gasteiger charge is -2.37. The van der Waals surface area contributed by atoms with Crippen LogP contribution in [0.4, 0.5) is 0 Å². The lowest BCUT2D eigenvalue weighted by atomic mass is 10.0. The molecule has 1 unspecified atom stereocenters. The molecular weight excluding hydrogens is 192 g/mol. The van der Waals surface area contributed by atoms with Gasteiger partial charge in [0.2, 0.25) is 0 Å². The number of carboxylic acid groups (broad SMARTS) is 1. The average Bonchev–Trinajstić information content (AvgIpc) is 2.17. The fraction of sp³-hybridized carbons (Fsp3) is 0.909. The molecule has 1 rings (SSSR count). The summed E-state index contributed by atoms with van der Waals surface area (Å²) in [5.41, 5.74) is 0. The number of piperidine rings is 1. The Morgan fingerprint density at radius 1 is 1.47 bits per heavy atom. The highest BCUT2D eigenvalue weighted by molar-refractivity contribution is 5.67. The van der Waals surface area contributed by atoms with E-state index in [0.29, 0.717) is 6.04 Å². The topological polar surface area (TPSA) is 43.8 Å². The molecule has 1 heterocycles. The van der Waals surface area contributed by atoms with Crippen LogP contribution >= 0.6 is 0 Å². The molecule has 1 aliphatic rings. The molecule has 0 bridgehead atoms. The van der Waals surface area contributed by atoms with Crippen molar-refractivity contribution in [2.75, 3.05) is 27.2 Å². The second-order valence-corrected chi connectivity index (χ2v) is 4.68. The average molecular weight is 214 g/mol. The SMILES string of the molecule is CC(CC(=O)O)N1CCC(N(C)C)CC1. The highest BCUT2D eigenvalue weighted by Gasteiger charge is 2.24. The molecule has 4 heteroatoms. The van der Waals surface area contributed by atoms with Crippen LogP contribution in [0.5, 0.6) is 0 Å². The van der Waals surface area contributed by atoms with E-state index in [1.807, 2.05) is 6.92 Å². The van der Waals surface area contributed by atoms with Crippen molar-refractivity contribution in [2.24, 2.45) is 0 Å². The van der Waals surface area contributed by atoms with E-state index in [0.717, 1.165) is 25.9 Å². The van der Waals surface area contributed by atoms with Crippen molar-refractivity contribution in [3.05, 3.63) is 0 Å². The van der Waals surface area contributed by atoms with Crippen LogP contribution in [-0.4, -0.2) is 60.1 Å². The minimum absolute atomic E-state index is 0.172. The molecule has 0 amide bonds. The van der Waals surface area contributed by atoms with E-state index in [1.54, 1.807) is 0 Å². The van der Waals surface area contributed by atoms with Crippen LogP contribution in [0.25, 0.3) is 0 Å². The lowest BCUT2D eigenvalue weighted by Crippen LogP contribution is -2.45. The first-order chi connectivity index (χ1) is 7.00. The highest BCUT2D eigenvalue weighted by atomic mass is 16.4. The maximum Gasteiger partial charge on any atom is 0.304 e. The summed E-state index contributed by atoms with van der Waals surface area (Å²) < 4.78 is 0. The summed E-state index contributed by atoms with van der Waals surface area (Å²) in [7, 11) is 4.22. The van der Waals surface area contributed by atoms with Gasteiger partial charge in [-0.1, -0.05) is 0 Å². The number of hydrogen-bond acceptors (Lipinski definition) is 3. The van der Waals surface area contributed by atoms with E-state index in [4.69, 9.17) is 5.11 Å². The third-order valence-corrected chi connectivity index (χ3v) is 3.32. The third kappa shape index (κ3) is 3.80. The fourth-order valence-corrected chi connectivity index (χ4v) is 2.22. The molecular formula is C11H22N2O2. The number of nitrogens with zero attached hydrogens (tertiary/aromatic N) is 2. The molecule has 0 aromatic rings. The van der Waals surface area contributed by atoms with Gasteiger partial charge in [0, 0.05) is 12.1 Å². The number of rotatable bonds is 4. The van der Waals surface area contributed by atoms with Crippen molar-refractivity contribution in [1.29, 1.82) is 0 Å². The summed E-state index contributed by atoms with van der Waals surface area (Å²) in [4.78, 5) is 15.1. The van der Waals surface area contributed by atoms with Crippen LogP contribution in [0.1, 0.15) is 26.2 Å². The van der Waals surface area contributed by atoms with E-state index in [2.05, 4.69) is 23.9 Å². The molecule has 1 N–H and O–H groups in total. The van der Waals surface area contributed by atoms with E-state index in [9.17, 15) is 4.79 Å². The maximum atomic E-state index is 10.6. The minimum Gasteiger partial charge on any atom is -0.481 e. The first kappa shape index (κ1) is 12.5. The zero-order chi connectivity index (χ0) is 11.4. The molecule has 1 fully saturated rings. The lowest BCUT2D eigenvalue weighted by molar-refractivity contribution is -0.138. The van der Waals surface area contributed by atoms with Crippen molar-refractivity contribution in [2.45, 2.75) is 38.3 Å². The van der Waals surface area contributed by atoms with Gasteiger partial charge in [0.05, 0.1) is 6.42 Å². The molecule has 0 spiro atoms. The Labute approximate surface area is 91.9 Å². The quantitative estimate of drug-likeness (QED) is 0.754. The fourth-order valence-electron chi connectivity index (χ4n) is 2.22. The molecule has 1 atom stereocenters. The molecule has 0 aromatic heterocycles. The van der Waals surface area contributed by atoms with Gasteiger partial charge in [0.1, 0.15) is 0 Å². The Kier molecular flexibility index (Phi) is 4.54. The maximum absolute atomic E-state index is 10.6. The summed E-state index contributed by atoms with van der Waals surface area (Å²) in [5.74, 6) is -0.697. The third-order valence-electron chi connectivity index (χ3n) is 3.32. The van der Waals surface area contributed by atoms with Gasteiger partial charge in [-0.3, -0.25) is 9.69 Å². The molecule has 0 saturated carbocycles. The van der Waals surface area contributed by atoms with E-state index >= 15 is 0 Å². The van der Waals surface area contributed by atoms with Gasteiger partial charge >= 0.3 is 5.97 Å². The number of hydrogen-bond donors (Lipinski definition) is 1. The second-order valence-electron chi connectivity index (χ2n) is 4.68. The smallest absolute Gasteiger partial charge is 0.304 e. The molecule has 0 aliphatic carbocycles. The zero-order valence-electron chi connectivity index (χ0n) is 9.94. The van der Waals surface area contributed by atoms with Gasteiger partial charge in [-0.15, -0.1) is 0 Å². The van der Waals surface area contributed by atoms with Crippen LogP contribution < -0.4 is 0 Å². The summed E-state index contributed by atoms with van der Waals surface area (Å²) in [5, 5.41) is 8.72. The normalized spacial score (nSPS) is 21.9. The van der Waals surface area contributed by atoms with E-state index in [1.165, 1.54) is 0 Å². The van der Waals surface area contributed by atoms with Crippen molar-refractivity contribution in [1.82, 2.24) is 9.80 Å².